The summed E-state index contributed by atoms with van der Waals surface area (Å²) in [6.45, 7) is 2.30. The van der Waals surface area contributed by atoms with Crippen molar-refractivity contribution in [3.05, 3.63) is 53.1 Å². The zero-order valence-electron chi connectivity index (χ0n) is 14.1. The predicted octanol–water partition coefficient (Wildman–Crippen LogP) is 4.36. The first kappa shape index (κ1) is 17.8. The van der Waals surface area contributed by atoms with Gasteiger partial charge >= 0.3 is 0 Å². The highest BCUT2D eigenvalue weighted by Crippen LogP contribution is 2.29. The molecule has 0 bridgehead atoms. The van der Waals surface area contributed by atoms with E-state index in [0.29, 0.717) is 17.3 Å². The van der Waals surface area contributed by atoms with Gasteiger partial charge in [0.05, 0.1) is 5.92 Å². The third kappa shape index (κ3) is 3.99. The van der Waals surface area contributed by atoms with Crippen molar-refractivity contribution in [1.29, 1.82) is 0 Å². The van der Waals surface area contributed by atoms with E-state index in [9.17, 15) is 9.59 Å². The first-order valence-electron chi connectivity index (χ1n) is 7.99. The molecule has 1 saturated heterocycles. The first-order chi connectivity index (χ1) is 12.0. The lowest BCUT2D eigenvalue weighted by Gasteiger charge is -2.17. The number of rotatable bonds is 4. The Balaban J connectivity index is 1.73. The van der Waals surface area contributed by atoms with Gasteiger partial charge in [-0.25, -0.2) is 0 Å². The lowest BCUT2D eigenvalue weighted by atomic mass is 10.1. The minimum absolute atomic E-state index is 0.0266. The van der Waals surface area contributed by atoms with Crippen molar-refractivity contribution in [3.8, 4) is 0 Å². The standard InChI is InChI=1S/C19H19ClN2O2S/c1-12-6-7-14(20)9-17(12)21-19(24)13-8-18(23)22(11-13)15-4-3-5-16(10-15)25-2/h3-7,9-10,13H,8,11H2,1-2H3,(H,21,24)/t13-/m0/s1. The largest absolute Gasteiger partial charge is 0.325 e. The molecule has 2 amide bonds. The van der Waals surface area contributed by atoms with Crippen molar-refractivity contribution in [2.75, 3.05) is 23.0 Å². The van der Waals surface area contributed by atoms with Crippen LogP contribution in [0.25, 0.3) is 0 Å². The monoisotopic (exact) mass is 374 g/mol. The van der Waals surface area contributed by atoms with Crippen LogP contribution in [0.5, 0.6) is 0 Å². The van der Waals surface area contributed by atoms with Gasteiger partial charge in [0.15, 0.2) is 0 Å². The Morgan fingerprint density at radius 2 is 2.08 bits per heavy atom. The van der Waals surface area contributed by atoms with Gasteiger partial charge in [-0.2, -0.15) is 0 Å². The van der Waals surface area contributed by atoms with Gasteiger partial charge in [0.2, 0.25) is 11.8 Å². The summed E-state index contributed by atoms with van der Waals surface area (Å²) in [5, 5.41) is 3.47. The summed E-state index contributed by atoms with van der Waals surface area (Å²) in [6.07, 6.45) is 2.21. The van der Waals surface area contributed by atoms with Crippen LogP contribution in [0.2, 0.25) is 5.02 Å². The molecule has 1 aliphatic rings. The topological polar surface area (TPSA) is 49.4 Å². The van der Waals surface area contributed by atoms with Gasteiger partial charge in [-0.1, -0.05) is 23.7 Å². The van der Waals surface area contributed by atoms with Crippen LogP contribution in [0.1, 0.15) is 12.0 Å². The SMILES string of the molecule is CSc1cccc(N2C[C@@H](C(=O)Nc3cc(Cl)ccc3C)CC2=O)c1. The molecule has 1 heterocycles. The summed E-state index contributed by atoms with van der Waals surface area (Å²) in [6, 6.07) is 13.2. The van der Waals surface area contributed by atoms with E-state index in [1.807, 2.05) is 43.5 Å². The number of thioether (sulfide) groups is 1. The first-order valence-corrected chi connectivity index (χ1v) is 9.59. The van der Waals surface area contributed by atoms with Crippen LogP contribution >= 0.6 is 23.4 Å². The molecule has 1 atom stereocenters. The molecule has 0 saturated carbocycles. The van der Waals surface area contributed by atoms with Gasteiger partial charge in [0, 0.05) is 34.3 Å². The number of nitrogens with one attached hydrogen (secondary N) is 1. The van der Waals surface area contributed by atoms with Crippen molar-refractivity contribution in [2.24, 2.45) is 5.92 Å². The molecule has 6 heteroatoms. The Kier molecular flexibility index (Phi) is 5.35. The molecule has 2 aromatic carbocycles. The molecule has 4 nitrogen and oxygen atoms in total. The average Bonchev–Trinajstić information content (AvgIpc) is 3.00. The molecular weight excluding hydrogens is 356 g/mol. The molecule has 3 rings (SSSR count). The van der Waals surface area contributed by atoms with Crippen molar-refractivity contribution in [2.45, 2.75) is 18.2 Å². The second kappa shape index (κ2) is 7.50. The summed E-state index contributed by atoms with van der Waals surface area (Å²) in [5.41, 5.74) is 2.46. The van der Waals surface area contributed by atoms with E-state index in [1.165, 1.54) is 0 Å². The quantitative estimate of drug-likeness (QED) is 0.809. The van der Waals surface area contributed by atoms with Gasteiger partial charge in [-0.15, -0.1) is 11.8 Å². The second-order valence-corrected chi connectivity index (χ2v) is 7.37. The molecular formula is C19H19ClN2O2S. The number of carbonyl (C=O) groups is 2. The minimum Gasteiger partial charge on any atom is -0.325 e. The number of aryl methyl sites for hydroxylation is 1. The van der Waals surface area contributed by atoms with Crippen LogP contribution < -0.4 is 10.2 Å². The zero-order chi connectivity index (χ0) is 18.0. The van der Waals surface area contributed by atoms with Crippen LogP contribution in [-0.2, 0) is 9.59 Å². The molecule has 1 N–H and O–H groups in total. The Morgan fingerprint density at radius 1 is 1.28 bits per heavy atom. The molecule has 0 spiro atoms. The number of anilines is 2. The van der Waals surface area contributed by atoms with Crippen LogP contribution in [0.4, 0.5) is 11.4 Å². The molecule has 2 aromatic rings. The minimum atomic E-state index is -0.371. The van der Waals surface area contributed by atoms with Crippen molar-refractivity contribution >= 4 is 46.6 Å². The maximum Gasteiger partial charge on any atom is 0.229 e. The zero-order valence-corrected chi connectivity index (χ0v) is 15.7. The molecule has 0 aliphatic carbocycles. The number of hydrogen-bond acceptors (Lipinski definition) is 3. The van der Waals surface area contributed by atoms with E-state index in [-0.39, 0.29) is 24.2 Å². The van der Waals surface area contributed by atoms with E-state index in [0.717, 1.165) is 16.1 Å². The lowest BCUT2D eigenvalue weighted by molar-refractivity contribution is -0.122. The number of benzene rings is 2. The molecule has 25 heavy (non-hydrogen) atoms. The fraction of sp³-hybridized carbons (Fsp3) is 0.263. The van der Waals surface area contributed by atoms with Crippen molar-refractivity contribution < 1.29 is 9.59 Å². The Hall–Kier alpha value is -1.98. The second-order valence-electron chi connectivity index (χ2n) is 6.06. The van der Waals surface area contributed by atoms with Crippen LogP contribution in [0.3, 0.4) is 0 Å². The van der Waals surface area contributed by atoms with Gasteiger partial charge in [-0.05, 0) is 49.1 Å². The molecule has 1 aliphatic heterocycles. The summed E-state index contributed by atoms with van der Waals surface area (Å²) < 4.78 is 0. The third-order valence-corrected chi connectivity index (χ3v) is 5.28. The Labute approximate surface area is 156 Å². The summed E-state index contributed by atoms with van der Waals surface area (Å²) >= 11 is 7.62. The lowest BCUT2D eigenvalue weighted by Crippen LogP contribution is -2.28. The van der Waals surface area contributed by atoms with Crippen molar-refractivity contribution in [3.63, 3.8) is 0 Å². The normalized spacial score (nSPS) is 17.0. The van der Waals surface area contributed by atoms with E-state index >= 15 is 0 Å². The van der Waals surface area contributed by atoms with Gasteiger partial charge in [0.25, 0.3) is 0 Å². The number of halogens is 1. The highest BCUT2D eigenvalue weighted by Gasteiger charge is 2.35. The number of hydrogen-bond donors (Lipinski definition) is 1. The third-order valence-electron chi connectivity index (χ3n) is 4.32. The van der Waals surface area contributed by atoms with E-state index in [1.54, 1.807) is 28.8 Å². The highest BCUT2D eigenvalue weighted by molar-refractivity contribution is 7.98. The average molecular weight is 375 g/mol. The fourth-order valence-corrected chi connectivity index (χ4v) is 3.50. The number of nitrogens with zero attached hydrogens (tertiary/aromatic N) is 1. The van der Waals surface area contributed by atoms with Crippen molar-refractivity contribution in [1.82, 2.24) is 0 Å². The Morgan fingerprint density at radius 3 is 2.84 bits per heavy atom. The molecule has 0 radical (unpaired) electrons. The van der Waals surface area contributed by atoms with Crippen LogP contribution in [0.15, 0.2) is 47.4 Å². The van der Waals surface area contributed by atoms with E-state index in [2.05, 4.69) is 5.32 Å². The molecule has 0 aromatic heterocycles. The van der Waals surface area contributed by atoms with Crippen LogP contribution in [-0.4, -0.2) is 24.6 Å². The molecule has 130 valence electrons. The maximum atomic E-state index is 12.6. The fourth-order valence-electron chi connectivity index (χ4n) is 2.87. The van der Waals surface area contributed by atoms with Gasteiger partial charge in [-0.3, -0.25) is 9.59 Å². The number of amides is 2. The smallest absolute Gasteiger partial charge is 0.229 e. The maximum absolute atomic E-state index is 12.6. The van der Waals surface area contributed by atoms with E-state index in [4.69, 9.17) is 11.6 Å². The Bertz CT molecular complexity index is 825. The molecule has 0 unspecified atom stereocenters. The van der Waals surface area contributed by atoms with Crippen LogP contribution in [0, 0.1) is 12.8 Å². The summed E-state index contributed by atoms with van der Waals surface area (Å²) in [7, 11) is 0. The number of carbonyl (C=O) groups excluding carboxylic acids is 2. The summed E-state index contributed by atoms with van der Waals surface area (Å²) in [4.78, 5) is 27.7. The highest BCUT2D eigenvalue weighted by atomic mass is 35.5. The van der Waals surface area contributed by atoms with Gasteiger partial charge < -0.3 is 10.2 Å². The summed E-state index contributed by atoms with van der Waals surface area (Å²) in [5.74, 6) is -0.549. The molecule has 1 fully saturated rings. The van der Waals surface area contributed by atoms with E-state index < -0.39 is 0 Å². The predicted molar refractivity (Wildman–Crippen MR) is 104 cm³/mol. The van der Waals surface area contributed by atoms with Gasteiger partial charge in [0.1, 0.15) is 0 Å².